The van der Waals surface area contributed by atoms with Crippen LogP contribution in [0.25, 0.3) is 0 Å². The number of aliphatic hydroxyl groups is 1. The number of nitrogens with zero attached hydrogens (tertiary/aromatic N) is 2. The highest BCUT2D eigenvalue weighted by Crippen LogP contribution is 2.27. The monoisotopic (exact) mass is 236 g/mol. The van der Waals surface area contributed by atoms with E-state index in [2.05, 4.69) is 0 Å². The summed E-state index contributed by atoms with van der Waals surface area (Å²) in [6.07, 6.45) is 1.21. The molecule has 0 spiro atoms. The van der Waals surface area contributed by atoms with E-state index in [0.29, 0.717) is 19.4 Å². The van der Waals surface area contributed by atoms with Gasteiger partial charge in [-0.2, -0.15) is 5.26 Å². The van der Waals surface area contributed by atoms with E-state index < -0.39 is 4.92 Å². The van der Waals surface area contributed by atoms with Crippen molar-refractivity contribution in [1.82, 2.24) is 0 Å². The lowest BCUT2D eigenvalue weighted by Gasteiger charge is -2.06. The molecule has 0 aliphatic rings. The average Bonchev–Trinajstić information content (AvgIpc) is 2.34. The van der Waals surface area contributed by atoms with Gasteiger partial charge in [0.1, 0.15) is 0 Å². The normalized spacial score (nSPS) is 9.65. The van der Waals surface area contributed by atoms with Gasteiger partial charge in [-0.25, -0.2) is 0 Å². The first-order chi connectivity index (χ1) is 8.19. The molecule has 1 N–H and O–H groups in total. The van der Waals surface area contributed by atoms with Gasteiger partial charge in [0.05, 0.1) is 23.2 Å². The number of nitro groups is 1. The summed E-state index contributed by atoms with van der Waals surface area (Å²) in [5, 5.41) is 28.0. The van der Waals surface area contributed by atoms with E-state index in [0.717, 1.165) is 0 Å². The number of hydrogen-bond acceptors (Lipinski definition) is 5. The second kappa shape index (κ2) is 6.45. The Morgan fingerprint density at radius 2 is 2.24 bits per heavy atom. The van der Waals surface area contributed by atoms with Crippen LogP contribution in [0.5, 0.6) is 5.75 Å². The van der Waals surface area contributed by atoms with Gasteiger partial charge in [-0.05, 0) is 25.0 Å². The molecule has 0 saturated carbocycles. The van der Waals surface area contributed by atoms with Crippen molar-refractivity contribution in [2.75, 3.05) is 13.2 Å². The van der Waals surface area contributed by atoms with Crippen molar-refractivity contribution in [2.45, 2.75) is 12.8 Å². The van der Waals surface area contributed by atoms with Crippen LogP contribution in [0.1, 0.15) is 18.4 Å². The molecule has 90 valence electrons. The number of nitro benzene ring substituents is 1. The zero-order valence-electron chi connectivity index (χ0n) is 9.13. The lowest BCUT2D eigenvalue weighted by Crippen LogP contribution is -2.01. The number of unbranched alkanes of at least 4 members (excludes halogenated alkanes) is 1. The fraction of sp³-hybridized carbons (Fsp3) is 0.364. The second-order valence-electron chi connectivity index (χ2n) is 3.33. The summed E-state index contributed by atoms with van der Waals surface area (Å²) in [6, 6.07) is 5.89. The Morgan fingerprint density at radius 1 is 1.47 bits per heavy atom. The van der Waals surface area contributed by atoms with Crippen LogP contribution in [-0.2, 0) is 0 Å². The molecule has 0 radical (unpaired) electrons. The number of ether oxygens (including phenoxy) is 1. The predicted molar refractivity (Wildman–Crippen MR) is 59.6 cm³/mol. The maximum Gasteiger partial charge on any atom is 0.312 e. The molecule has 0 aliphatic heterocycles. The van der Waals surface area contributed by atoms with E-state index in [4.69, 9.17) is 15.1 Å². The first-order valence-corrected chi connectivity index (χ1v) is 5.11. The van der Waals surface area contributed by atoms with E-state index in [-0.39, 0.29) is 23.6 Å². The van der Waals surface area contributed by atoms with Crippen molar-refractivity contribution < 1.29 is 14.8 Å². The first-order valence-electron chi connectivity index (χ1n) is 5.11. The molecule has 0 fully saturated rings. The summed E-state index contributed by atoms with van der Waals surface area (Å²) < 4.78 is 5.24. The predicted octanol–water partition coefficient (Wildman–Crippen LogP) is 1.62. The van der Waals surface area contributed by atoms with E-state index in [9.17, 15) is 10.1 Å². The van der Waals surface area contributed by atoms with Crippen molar-refractivity contribution in [2.24, 2.45) is 0 Å². The maximum atomic E-state index is 10.8. The number of hydrogen-bond donors (Lipinski definition) is 1. The summed E-state index contributed by atoms with van der Waals surface area (Å²) in [6.45, 7) is 0.367. The van der Waals surface area contributed by atoms with Crippen LogP contribution in [0.15, 0.2) is 18.2 Å². The molecule has 0 atom stereocenters. The van der Waals surface area contributed by atoms with Crippen LogP contribution in [0.3, 0.4) is 0 Å². The van der Waals surface area contributed by atoms with E-state index in [1.54, 1.807) is 0 Å². The topological polar surface area (TPSA) is 96.4 Å². The molecule has 0 saturated heterocycles. The van der Waals surface area contributed by atoms with Crippen LogP contribution in [0.2, 0.25) is 0 Å². The summed E-state index contributed by atoms with van der Waals surface area (Å²) in [5.74, 6) is 0.145. The van der Waals surface area contributed by atoms with Gasteiger partial charge in [-0.3, -0.25) is 10.1 Å². The molecule has 0 unspecified atom stereocenters. The Labute approximate surface area is 98.2 Å². The minimum absolute atomic E-state index is 0.0683. The fourth-order valence-electron chi connectivity index (χ4n) is 1.25. The van der Waals surface area contributed by atoms with E-state index in [1.807, 2.05) is 6.07 Å². The molecule has 6 nitrogen and oxygen atoms in total. The smallest absolute Gasteiger partial charge is 0.312 e. The molecule has 0 heterocycles. The third-order valence-corrected chi connectivity index (χ3v) is 2.09. The van der Waals surface area contributed by atoms with Crippen molar-refractivity contribution in [3.8, 4) is 11.8 Å². The third kappa shape index (κ3) is 3.74. The molecule has 0 amide bonds. The highest BCUT2D eigenvalue weighted by Gasteiger charge is 2.15. The molecule has 0 aliphatic carbocycles. The minimum Gasteiger partial charge on any atom is -0.487 e. The molecule has 1 aromatic rings. The molecule has 0 bridgehead atoms. The Bertz CT molecular complexity index is 440. The fourth-order valence-corrected chi connectivity index (χ4v) is 1.25. The molecule has 6 heteroatoms. The van der Waals surface area contributed by atoms with Crippen LogP contribution in [0.4, 0.5) is 5.69 Å². The van der Waals surface area contributed by atoms with Crippen molar-refractivity contribution in [3.63, 3.8) is 0 Å². The van der Waals surface area contributed by atoms with Gasteiger partial charge < -0.3 is 9.84 Å². The van der Waals surface area contributed by atoms with E-state index in [1.165, 1.54) is 18.2 Å². The van der Waals surface area contributed by atoms with Gasteiger partial charge in [0.15, 0.2) is 5.75 Å². The highest BCUT2D eigenvalue weighted by atomic mass is 16.6. The molecular formula is C11H12N2O4. The van der Waals surface area contributed by atoms with Crippen molar-refractivity contribution >= 4 is 5.69 Å². The van der Waals surface area contributed by atoms with Gasteiger partial charge in [-0.1, -0.05) is 0 Å². The number of aliphatic hydroxyl groups excluding tert-OH is 1. The zero-order valence-corrected chi connectivity index (χ0v) is 9.13. The van der Waals surface area contributed by atoms with Gasteiger partial charge in [0.25, 0.3) is 0 Å². The maximum absolute atomic E-state index is 10.8. The molecule has 17 heavy (non-hydrogen) atoms. The van der Waals surface area contributed by atoms with Crippen LogP contribution < -0.4 is 4.74 Å². The van der Waals surface area contributed by atoms with Gasteiger partial charge in [0.2, 0.25) is 0 Å². The number of benzene rings is 1. The summed E-state index contributed by atoms with van der Waals surface area (Å²) in [5.41, 5.74) is 0.00690. The summed E-state index contributed by atoms with van der Waals surface area (Å²) >= 11 is 0. The van der Waals surface area contributed by atoms with Gasteiger partial charge in [0, 0.05) is 12.7 Å². The van der Waals surface area contributed by atoms with Crippen LogP contribution in [0, 0.1) is 21.4 Å². The third-order valence-electron chi connectivity index (χ3n) is 2.09. The Balaban J connectivity index is 2.77. The second-order valence-corrected chi connectivity index (χ2v) is 3.33. The average molecular weight is 236 g/mol. The lowest BCUT2D eigenvalue weighted by molar-refractivity contribution is -0.385. The number of nitriles is 1. The van der Waals surface area contributed by atoms with Crippen molar-refractivity contribution in [3.05, 3.63) is 33.9 Å². The standard InChI is InChI=1S/C11H12N2O4/c12-8-9-3-4-11(10(7-9)13(15)16)17-6-2-1-5-14/h3-4,7,14H,1-2,5-6H2. The van der Waals surface area contributed by atoms with Crippen LogP contribution >= 0.6 is 0 Å². The molecule has 1 rings (SSSR count). The Hall–Kier alpha value is -2.13. The Kier molecular flexibility index (Phi) is 4.91. The summed E-state index contributed by atoms with van der Waals surface area (Å²) in [4.78, 5) is 10.2. The largest absolute Gasteiger partial charge is 0.487 e. The van der Waals surface area contributed by atoms with E-state index >= 15 is 0 Å². The number of rotatable bonds is 6. The van der Waals surface area contributed by atoms with Gasteiger partial charge >= 0.3 is 5.69 Å². The van der Waals surface area contributed by atoms with Gasteiger partial charge in [-0.15, -0.1) is 0 Å². The van der Waals surface area contributed by atoms with Crippen molar-refractivity contribution in [1.29, 1.82) is 5.26 Å². The van der Waals surface area contributed by atoms with Crippen LogP contribution in [-0.4, -0.2) is 23.2 Å². The quantitative estimate of drug-likeness (QED) is 0.460. The lowest BCUT2D eigenvalue weighted by atomic mass is 10.2. The summed E-state index contributed by atoms with van der Waals surface area (Å²) in [7, 11) is 0. The molecule has 1 aromatic carbocycles. The SMILES string of the molecule is N#Cc1ccc(OCCCCO)c([N+](=O)[O-])c1. The Morgan fingerprint density at radius 3 is 2.82 bits per heavy atom. The highest BCUT2D eigenvalue weighted by molar-refractivity contribution is 5.51. The minimum atomic E-state index is -0.581. The molecule has 0 aromatic heterocycles. The molecular weight excluding hydrogens is 224 g/mol. The zero-order chi connectivity index (χ0) is 12.7. The first kappa shape index (κ1) is 12.9.